The molecule has 1 heterocycles. The van der Waals surface area contributed by atoms with Gasteiger partial charge in [0.2, 0.25) is 5.91 Å². The van der Waals surface area contributed by atoms with Gasteiger partial charge in [0.15, 0.2) is 0 Å². The summed E-state index contributed by atoms with van der Waals surface area (Å²) in [4.78, 5) is 37.5. The SMILES string of the molecule is CC(C)[C@@](C)(C#N)NC(=O)CN1C(=O)NC2(CCCC2)C1=O. The summed E-state index contributed by atoms with van der Waals surface area (Å²) in [5.41, 5.74) is -1.84. The lowest BCUT2D eigenvalue weighted by molar-refractivity contribution is -0.135. The molecule has 7 nitrogen and oxygen atoms in total. The van der Waals surface area contributed by atoms with E-state index < -0.39 is 23.0 Å². The first-order valence-electron chi connectivity index (χ1n) is 7.60. The Morgan fingerprint density at radius 1 is 1.45 bits per heavy atom. The largest absolute Gasteiger partial charge is 0.336 e. The number of amides is 4. The number of nitrogens with one attached hydrogen (secondary N) is 2. The van der Waals surface area contributed by atoms with Crippen LogP contribution in [0.25, 0.3) is 0 Å². The van der Waals surface area contributed by atoms with Crippen molar-refractivity contribution >= 4 is 17.8 Å². The molecule has 1 atom stereocenters. The van der Waals surface area contributed by atoms with Crippen molar-refractivity contribution in [2.45, 2.75) is 57.5 Å². The van der Waals surface area contributed by atoms with Gasteiger partial charge in [-0.1, -0.05) is 26.7 Å². The van der Waals surface area contributed by atoms with Gasteiger partial charge in [0.05, 0.1) is 6.07 Å². The quantitative estimate of drug-likeness (QED) is 0.753. The molecule has 4 amide bonds. The zero-order valence-corrected chi connectivity index (χ0v) is 13.2. The van der Waals surface area contributed by atoms with Crippen molar-refractivity contribution in [3.63, 3.8) is 0 Å². The van der Waals surface area contributed by atoms with E-state index in [-0.39, 0.29) is 18.4 Å². The molecule has 22 heavy (non-hydrogen) atoms. The van der Waals surface area contributed by atoms with Gasteiger partial charge in [-0.2, -0.15) is 5.26 Å². The Labute approximate surface area is 130 Å². The summed E-state index contributed by atoms with van der Waals surface area (Å²) >= 11 is 0. The Morgan fingerprint density at radius 3 is 2.55 bits per heavy atom. The molecule has 1 aliphatic carbocycles. The number of nitrogens with zero attached hydrogens (tertiary/aromatic N) is 2. The molecule has 1 spiro atoms. The van der Waals surface area contributed by atoms with E-state index in [1.54, 1.807) is 6.92 Å². The average Bonchev–Trinajstić information content (AvgIpc) is 3.00. The fraction of sp³-hybridized carbons (Fsp3) is 0.733. The van der Waals surface area contributed by atoms with E-state index in [1.807, 2.05) is 13.8 Å². The summed E-state index contributed by atoms with van der Waals surface area (Å²) in [6.45, 7) is 4.92. The summed E-state index contributed by atoms with van der Waals surface area (Å²) in [7, 11) is 0. The molecule has 0 aromatic rings. The van der Waals surface area contributed by atoms with Gasteiger partial charge < -0.3 is 10.6 Å². The van der Waals surface area contributed by atoms with Crippen molar-refractivity contribution in [3.8, 4) is 6.07 Å². The van der Waals surface area contributed by atoms with Gasteiger partial charge in [-0.25, -0.2) is 4.79 Å². The van der Waals surface area contributed by atoms with E-state index in [0.29, 0.717) is 12.8 Å². The highest BCUT2D eigenvalue weighted by atomic mass is 16.2. The van der Waals surface area contributed by atoms with Crippen LogP contribution in [0.2, 0.25) is 0 Å². The molecule has 0 unspecified atom stereocenters. The van der Waals surface area contributed by atoms with Crippen LogP contribution in [-0.4, -0.2) is 40.4 Å². The molecule has 7 heteroatoms. The highest BCUT2D eigenvalue weighted by Gasteiger charge is 2.52. The number of rotatable bonds is 4. The summed E-state index contributed by atoms with van der Waals surface area (Å²) in [5.74, 6) is -0.921. The first kappa shape index (κ1) is 16.3. The van der Waals surface area contributed by atoms with Crippen LogP contribution in [-0.2, 0) is 9.59 Å². The molecule has 120 valence electrons. The van der Waals surface area contributed by atoms with Gasteiger partial charge in [0.1, 0.15) is 17.6 Å². The molecule has 1 saturated carbocycles. The number of carbonyl (C=O) groups excluding carboxylic acids is 3. The van der Waals surface area contributed by atoms with Crippen LogP contribution < -0.4 is 10.6 Å². The normalized spacial score (nSPS) is 22.6. The number of nitriles is 1. The topological polar surface area (TPSA) is 102 Å². The third-order valence-electron chi connectivity index (χ3n) is 4.79. The maximum absolute atomic E-state index is 12.4. The first-order valence-corrected chi connectivity index (χ1v) is 7.60. The van der Waals surface area contributed by atoms with E-state index in [1.165, 1.54) is 0 Å². The van der Waals surface area contributed by atoms with E-state index in [0.717, 1.165) is 17.7 Å². The lowest BCUT2D eigenvalue weighted by Gasteiger charge is -2.28. The molecule has 0 radical (unpaired) electrons. The van der Waals surface area contributed by atoms with Gasteiger partial charge in [-0.05, 0) is 25.7 Å². The van der Waals surface area contributed by atoms with Crippen molar-refractivity contribution in [1.29, 1.82) is 5.26 Å². The zero-order chi connectivity index (χ0) is 16.5. The molecule has 0 aromatic heterocycles. The van der Waals surface area contributed by atoms with Crippen molar-refractivity contribution in [2.24, 2.45) is 5.92 Å². The number of carbonyl (C=O) groups is 3. The molecular weight excluding hydrogens is 284 g/mol. The third kappa shape index (κ3) is 2.65. The predicted octanol–water partition coefficient (Wildman–Crippen LogP) is 0.905. The van der Waals surface area contributed by atoms with Crippen molar-refractivity contribution in [3.05, 3.63) is 0 Å². The fourth-order valence-electron chi connectivity index (χ4n) is 2.91. The molecule has 2 fully saturated rings. The smallest absolute Gasteiger partial charge is 0.325 e. The van der Waals surface area contributed by atoms with Crippen LogP contribution in [0.15, 0.2) is 0 Å². The van der Waals surface area contributed by atoms with E-state index >= 15 is 0 Å². The minimum Gasteiger partial charge on any atom is -0.336 e. The Bertz CT molecular complexity index is 545. The summed E-state index contributed by atoms with van der Waals surface area (Å²) in [5, 5.41) is 14.6. The lowest BCUT2D eigenvalue weighted by Crippen LogP contribution is -2.52. The monoisotopic (exact) mass is 306 g/mol. The number of imide groups is 1. The van der Waals surface area contributed by atoms with Gasteiger partial charge in [-0.3, -0.25) is 14.5 Å². The number of hydrogen-bond acceptors (Lipinski definition) is 4. The third-order valence-corrected chi connectivity index (χ3v) is 4.79. The van der Waals surface area contributed by atoms with Crippen molar-refractivity contribution < 1.29 is 14.4 Å². The summed E-state index contributed by atoms with van der Waals surface area (Å²) in [6, 6.07) is 1.55. The highest BCUT2D eigenvalue weighted by Crippen LogP contribution is 2.34. The second-order valence-corrected chi connectivity index (χ2v) is 6.63. The second kappa shape index (κ2) is 5.59. The van der Waals surface area contributed by atoms with E-state index in [9.17, 15) is 19.6 Å². The first-order chi connectivity index (χ1) is 10.2. The predicted molar refractivity (Wildman–Crippen MR) is 78.4 cm³/mol. The minimum atomic E-state index is -1.03. The molecule has 1 aliphatic heterocycles. The summed E-state index contributed by atoms with van der Waals surface area (Å²) < 4.78 is 0. The van der Waals surface area contributed by atoms with Crippen LogP contribution in [0.5, 0.6) is 0 Å². The standard InChI is InChI=1S/C15H22N4O3/c1-10(2)14(3,9-16)17-11(20)8-19-12(21)15(18-13(19)22)6-4-5-7-15/h10H,4-8H2,1-3H3,(H,17,20)(H,18,22)/t14-/m1/s1. The Hall–Kier alpha value is -2.10. The van der Waals surface area contributed by atoms with E-state index in [2.05, 4.69) is 16.7 Å². The van der Waals surface area contributed by atoms with Crippen LogP contribution in [0.3, 0.4) is 0 Å². The van der Waals surface area contributed by atoms with Crippen LogP contribution in [0, 0.1) is 17.2 Å². The second-order valence-electron chi connectivity index (χ2n) is 6.63. The Kier molecular flexibility index (Phi) is 4.14. The number of urea groups is 1. The van der Waals surface area contributed by atoms with Gasteiger partial charge >= 0.3 is 6.03 Å². The molecule has 0 bridgehead atoms. The maximum Gasteiger partial charge on any atom is 0.325 e. The van der Waals surface area contributed by atoms with Gasteiger partial charge in [0.25, 0.3) is 5.91 Å². The zero-order valence-electron chi connectivity index (χ0n) is 13.2. The number of hydrogen-bond donors (Lipinski definition) is 2. The van der Waals surface area contributed by atoms with Crippen LogP contribution >= 0.6 is 0 Å². The van der Waals surface area contributed by atoms with Crippen LogP contribution in [0.4, 0.5) is 4.79 Å². The van der Waals surface area contributed by atoms with Crippen LogP contribution in [0.1, 0.15) is 46.5 Å². The summed E-state index contributed by atoms with van der Waals surface area (Å²) in [6.07, 6.45) is 3.03. The van der Waals surface area contributed by atoms with Crippen molar-refractivity contribution in [1.82, 2.24) is 15.5 Å². The lowest BCUT2D eigenvalue weighted by atomic mass is 9.90. The average molecular weight is 306 g/mol. The van der Waals surface area contributed by atoms with Crippen molar-refractivity contribution in [2.75, 3.05) is 6.54 Å². The molecule has 2 aliphatic rings. The Balaban J connectivity index is 2.05. The Morgan fingerprint density at radius 2 is 2.05 bits per heavy atom. The van der Waals surface area contributed by atoms with Gasteiger partial charge in [0, 0.05) is 0 Å². The van der Waals surface area contributed by atoms with E-state index in [4.69, 9.17) is 0 Å². The molecular formula is C15H22N4O3. The fourth-order valence-corrected chi connectivity index (χ4v) is 2.91. The van der Waals surface area contributed by atoms with Gasteiger partial charge in [-0.15, -0.1) is 0 Å². The molecule has 2 rings (SSSR count). The highest BCUT2D eigenvalue weighted by molar-refractivity contribution is 6.09. The maximum atomic E-state index is 12.4. The molecule has 0 aromatic carbocycles. The molecule has 1 saturated heterocycles. The minimum absolute atomic E-state index is 0.0919. The molecule has 2 N–H and O–H groups in total.